The van der Waals surface area contributed by atoms with Gasteiger partial charge in [-0.3, -0.25) is 9.78 Å². The number of hydrogen-bond donors (Lipinski definition) is 0. The SMILES string of the molecule is CCn1c2ccccc2c2cc(C(C)=O)ncc21. The van der Waals surface area contributed by atoms with E-state index in [0.717, 1.165) is 17.4 Å². The lowest BCUT2D eigenvalue weighted by atomic mass is 10.1. The van der Waals surface area contributed by atoms with Crippen molar-refractivity contribution in [3.05, 3.63) is 42.2 Å². The standard InChI is InChI=1S/C15H14N2O/c1-3-17-14-7-5-4-6-11(14)12-8-13(10(2)18)16-9-15(12)17/h4-9H,3H2,1-2H3. The van der Waals surface area contributed by atoms with Crippen molar-refractivity contribution in [2.45, 2.75) is 20.4 Å². The fourth-order valence-electron chi connectivity index (χ4n) is 2.48. The van der Waals surface area contributed by atoms with E-state index < -0.39 is 0 Å². The molecule has 0 saturated carbocycles. The van der Waals surface area contributed by atoms with Gasteiger partial charge < -0.3 is 4.57 Å². The van der Waals surface area contributed by atoms with E-state index in [1.54, 1.807) is 13.1 Å². The third kappa shape index (κ3) is 1.44. The van der Waals surface area contributed by atoms with Crippen LogP contribution < -0.4 is 0 Å². The first-order chi connectivity index (χ1) is 8.72. The summed E-state index contributed by atoms with van der Waals surface area (Å²) in [7, 11) is 0. The summed E-state index contributed by atoms with van der Waals surface area (Å²) in [5, 5.41) is 2.28. The van der Waals surface area contributed by atoms with Crippen LogP contribution in [0, 0.1) is 0 Å². The topological polar surface area (TPSA) is 34.9 Å². The van der Waals surface area contributed by atoms with Crippen molar-refractivity contribution in [1.82, 2.24) is 9.55 Å². The summed E-state index contributed by atoms with van der Waals surface area (Å²) >= 11 is 0. The number of aromatic nitrogens is 2. The van der Waals surface area contributed by atoms with E-state index in [9.17, 15) is 4.79 Å². The predicted molar refractivity (Wildman–Crippen MR) is 72.9 cm³/mol. The molecular weight excluding hydrogens is 224 g/mol. The Balaban J connectivity index is 2.48. The lowest BCUT2D eigenvalue weighted by Crippen LogP contribution is -1.97. The smallest absolute Gasteiger partial charge is 0.178 e. The number of Topliss-reactive ketones (excluding diaryl/α,β-unsaturated/α-hetero) is 1. The van der Waals surface area contributed by atoms with Crippen molar-refractivity contribution < 1.29 is 4.79 Å². The molecule has 0 aliphatic rings. The largest absolute Gasteiger partial charge is 0.339 e. The maximum Gasteiger partial charge on any atom is 0.178 e. The fourth-order valence-corrected chi connectivity index (χ4v) is 2.48. The molecule has 0 N–H and O–H groups in total. The van der Waals surface area contributed by atoms with Gasteiger partial charge in [-0.25, -0.2) is 0 Å². The Morgan fingerprint density at radius 3 is 2.72 bits per heavy atom. The van der Waals surface area contributed by atoms with Gasteiger partial charge >= 0.3 is 0 Å². The Kier molecular flexibility index (Phi) is 2.40. The average molecular weight is 238 g/mol. The Morgan fingerprint density at radius 1 is 1.22 bits per heavy atom. The molecule has 3 heteroatoms. The lowest BCUT2D eigenvalue weighted by molar-refractivity contribution is 0.101. The third-order valence-corrected chi connectivity index (χ3v) is 3.34. The van der Waals surface area contributed by atoms with Crippen LogP contribution in [-0.2, 0) is 6.54 Å². The second kappa shape index (κ2) is 3.95. The summed E-state index contributed by atoms with van der Waals surface area (Å²) < 4.78 is 2.22. The van der Waals surface area contributed by atoms with E-state index in [0.29, 0.717) is 5.69 Å². The van der Waals surface area contributed by atoms with Gasteiger partial charge in [0.15, 0.2) is 5.78 Å². The number of benzene rings is 1. The molecule has 3 nitrogen and oxygen atoms in total. The van der Waals surface area contributed by atoms with Gasteiger partial charge in [0.1, 0.15) is 5.69 Å². The van der Waals surface area contributed by atoms with Gasteiger partial charge in [0, 0.05) is 29.8 Å². The molecular formula is C15H14N2O. The van der Waals surface area contributed by atoms with Crippen LogP contribution in [0.5, 0.6) is 0 Å². The van der Waals surface area contributed by atoms with Gasteiger partial charge in [0.2, 0.25) is 0 Å². The van der Waals surface area contributed by atoms with Crippen molar-refractivity contribution in [3.8, 4) is 0 Å². The highest BCUT2D eigenvalue weighted by Crippen LogP contribution is 2.28. The van der Waals surface area contributed by atoms with E-state index in [2.05, 4.69) is 28.6 Å². The molecule has 0 unspecified atom stereocenters. The van der Waals surface area contributed by atoms with Crippen molar-refractivity contribution >= 4 is 27.6 Å². The van der Waals surface area contributed by atoms with Gasteiger partial charge in [-0.05, 0) is 19.1 Å². The van der Waals surface area contributed by atoms with E-state index in [1.165, 1.54) is 10.9 Å². The summed E-state index contributed by atoms with van der Waals surface area (Å²) in [4.78, 5) is 15.7. The molecule has 2 heterocycles. The number of para-hydroxylation sites is 1. The molecule has 0 aliphatic carbocycles. The highest BCUT2D eigenvalue weighted by molar-refractivity contribution is 6.09. The van der Waals surface area contributed by atoms with Crippen LogP contribution in [-0.4, -0.2) is 15.3 Å². The molecule has 0 fully saturated rings. The number of rotatable bonds is 2. The second-order valence-corrected chi connectivity index (χ2v) is 4.40. The Labute approximate surface area is 105 Å². The molecule has 18 heavy (non-hydrogen) atoms. The minimum absolute atomic E-state index is 0.00484. The van der Waals surface area contributed by atoms with Crippen molar-refractivity contribution in [1.29, 1.82) is 0 Å². The first-order valence-electron chi connectivity index (χ1n) is 6.10. The minimum atomic E-state index is 0.00484. The van der Waals surface area contributed by atoms with E-state index in [-0.39, 0.29) is 5.78 Å². The van der Waals surface area contributed by atoms with Crippen molar-refractivity contribution in [2.24, 2.45) is 0 Å². The predicted octanol–water partition coefficient (Wildman–Crippen LogP) is 3.41. The van der Waals surface area contributed by atoms with E-state index >= 15 is 0 Å². The Morgan fingerprint density at radius 2 is 2.00 bits per heavy atom. The van der Waals surface area contributed by atoms with Gasteiger partial charge in [-0.1, -0.05) is 18.2 Å². The fraction of sp³-hybridized carbons (Fsp3) is 0.200. The molecule has 0 amide bonds. The first kappa shape index (κ1) is 11.0. The summed E-state index contributed by atoms with van der Waals surface area (Å²) in [5.74, 6) is 0.00484. The van der Waals surface area contributed by atoms with Gasteiger partial charge in [-0.2, -0.15) is 0 Å². The normalized spacial score (nSPS) is 11.2. The number of fused-ring (bicyclic) bond motifs is 3. The van der Waals surface area contributed by atoms with Crippen LogP contribution >= 0.6 is 0 Å². The summed E-state index contributed by atoms with van der Waals surface area (Å²) in [6.07, 6.45) is 1.80. The Bertz CT molecular complexity index is 756. The number of hydrogen-bond acceptors (Lipinski definition) is 2. The first-order valence-corrected chi connectivity index (χ1v) is 6.10. The molecule has 3 aromatic rings. The summed E-state index contributed by atoms with van der Waals surface area (Å²) in [6, 6.07) is 10.1. The zero-order chi connectivity index (χ0) is 12.7. The van der Waals surface area contributed by atoms with Crippen molar-refractivity contribution in [3.63, 3.8) is 0 Å². The number of ketones is 1. The average Bonchev–Trinajstić information content (AvgIpc) is 2.71. The number of pyridine rings is 1. The molecule has 0 spiro atoms. The molecule has 3 rings (SSSR count). The van der Waals surface area contributed by atoms with Gasteiger partial charge in [-0.15, -0.1) is 0 Å². The zero-order valence-electron chi connectivity index (χ0n) is 10.5. The lowest BCUT2D eigenvalue weighted by Gasteiger charge is -2.02. The molecule has 0 aliphatic heterocycles. The molecule has 0 atom stereocenters. The highest BCUT2D eigenvalue weighted by Gasteiger charge is 2.11. The summed E-state index contributed by atoms with van der Waals surface area (Å²) in [5.41, 5.74) is 2.81. The van der Waals surface area contributed by atoms with Crippen LogP contribution in [0.25, 0.3) is 21.8 Å². The minimum Gasteiger partial charge on any atom is -0.339 e. The maximum atomic E-state index is 11.4. The maximum absolute atomic E-state index is 11.4. The molecule has 2 aromatic heterocycles. The molecule has 90 valence electrons. The highest BCUT2D eigenvalue weighted by atomic mass is 16.1. The number of aryl methyl sites for hydroxylation is 1. The quantitative estimate of drug-likeness (QED) is 0.641. The third-order valence-electron chi connectivity index (χ3n) is 3.34. The van der Waals surface area contributed by atoms with Crippen LogP contribution in [0.4, 0.5) is 0 Å². The van der Waals surface area contributed by atoms with E-state index in [1.807, 2.05) is 18.2 Å². The van der Waals surface area contributed by atoms with Crippen LogP contribution in [0.3, 0.4) is 0 Å². The zero-order valence-corrected chi connectivity index (χ0v) is 10.5. The van der Waals surface area contributed by atoms with Crippen LogP contribution in [0.2, 0.25) is 0 Å². The molecule has 1 aromatic carbocycles. The van der Waals surface area contributed by atoms with Gasteiger partial charge in [0.25, 0.3) is 0 Å². The number of nitrogens with zero attached hydrogens (tertiary/aromatic N) is 2. The molecule has 0 bridgehead atoms. The monoisotopic (exact) mass is 238 g/mol. The van der Waals surface area contributed by atoms with Crippen LogP contribution in [0.15, 0.2) is 36.5 Å². The van der Waals surface area contributed by atoms with E-state index in [4.69, 9.17) is 0 Å². The summed E-state index contributed by atoms with van der Waals surface area (Å²) in [6.45, 7) is 4.56. The van der Waals surface area contributed by atoms with Crippen LogP contribution in [0.1, 0.15) is 24.3 Å². The van der Waals surface area contributed by atoms with Crippen molar-refractivity contribution in [2.75, 3.05) is 0 Å². The van der Waals surface area contributed by atoms with Gasteiger partial charge in [0.05, 0.1) is 11.7 Å². The second-order valence-electron chi connectivity index (χ2n) is 4.40. The number of carbonyl (C=O) groups excluding carboxylic acids is 1. The molecule has 0 radical (unpaired) electrons. The molecule has 0 saturated heterocycles. The Hall–Kier alpha value is -2.16. The number of carbonyl (C=O) groups is 1.